The quantitative estimate of drug-likeness (QED) is 0.509. The summed E-state index contributed by atoms with van der Waals surface area (Å²) < 4.78 is 4.62. The van der Waals surface area contributed by atoms with Crippen LogP contribution in [-0.4, -0.2) is 16.8 Å². The summed E-state index contributed by atoms with van der Waals surface area (Å²) in [4.78, 5) is 26.9. The third-order valence-corrected chi connectivity index (χ3v) is 2.54. The van der Waals surface area contributed by atoms with Gasteiger partial charge in [-0.3, -0.25) is 0 Å². The van der Waals surface area contributed by atoms with Crippen molar-refractivity contribution in [3.05, 3.63) is 51.6 Å². The second kappa shape index (κ2) is 5.34. The zero-order chi connectivity index (χ0) is 13.8. The van der Waals surface area contributed by atoms with Crippen LogP contribution in [0.15, 0.2) is 44.4 Å². The molecule has 1 aliphatic rings. The minimum atomic E-state index is -0.465. The smallest absolute Gasteiger partial charge is 0.338 e. The van der Waals surface area contributed by atoms with Gasteiger partial charge in [0.05, 0.1) is 22.5 Å². The number of nitrogens with zero attached hydrogens (tertiary/aromatic N) is 1. The number of rotatable bonds is 3. The number of oxime groups is 1. The Bertz CT molecular complexity index is 671. The van der Waals surface area contributed by atoms with E-state index < -0.39 is 11.6 Å². The highest BCUT2D eigenvalue weighted by Crippen LogP contribution is 2.10. The summed E-state index contributed by atoms with van der Waals surface area (Å²) in [5.74, 6) is -0.465. The molecule has 0 unspecified atom stereocenters. The number of H-pyrrole nitrogens is 1. The lowest BCUT2D eigenvalue weighted by Crippen LogP contribution is -2.01. The van der Waals surface area contributed by atoms with E-state index in [4.69, 9.17) is 0 Å². The molecule has 0 aromatic carbocycles. The lowest BCUT2D eigenvalue weighted by molar-refractivity contribution is -0.136. The van der Waals surface area contributed by atoms with Crippen LogP contribution in [0, 0.1) is 6.92 Å². The fourth-order valence-corrected chi connectivity index (χ4v) is 1.49. The molecule has 6 heteroatoms. The van der Waals surface area contributed by atoms with E-state index in [-0.39, 0.29) is 0 Å². The van der Waals surface area contributed by atoms with Gasteiger partial charge < -0.3 is 9.36 Å². The molecule has 0 saturated heterocycles. The van der Waals surface area contributed by atoms with Crippen molar-refractivity contribution in [2.45, 2.75) is 13.8 Å². The van der Waals surface area contributed by atoms with E-state index >= 15 is 0 Å². The first-order valence-corrected chi connectivity index (χ1v) is 5.59. The highest BCUT2D eigenvalue weighted by atomic mass is 16.7. The molecular weight excluding hydrogens is 248 g/mol. The second-order valence-corrected chi connectivity index (χ2v) is 3.91. The third-order valence-electron chi connectivity index (χ3n) is 2.54. The number of nitrogens with one attached hydrogen (secondary N) is 1. The van der Waals surface area contributed by atoms with Crippen LogP contribution < -0.4 is 5.63 Å². The maximum atomic E-state index is 11.2. The SMILES string of the molecule is CC1=NOC(=O)/C1=C\C=CC=Cc1c(C)[nH]oc1=O. The number of aromatic amines is 1. The van der Waals surface area contributed by atoms with Gasteiger partial charge in [-0.05, 0) is 26.0 Å². The van der Waals surface area contributed by atoms with Crippen LogP contribution in [-0.2, 0) is 9.63 Å². The molecule has 1 aromatic heterocycles. The van der Waals surface area contributed by atoms with Gasteiger partial charge in [-0.1, -0.05) is 23.4 Å². The van der Waals surface area contributed by atoms with E-state index in [1.165, 1.54) is 0 Å². The number of allylic oxidation sites excluding steroid dienone is 4. The van der Waals surface area contributed by atoms with E-state index in [1.807, 2.05) is 0 Å². The van der Waals surface area contributed by atoms with E-state index in [1.54, 1.807) is 44.2 Å². The highest BCUT2D eigenvalue weighted by Gasteiger charge is 2.20. The lowest BCUT2D eigenvalue weighted by atomic mass is 10.1. The molecule has 98 valence electrons. The minimum absolute atomic E-state index is 0.414. The Morgan fingerprint density at radius 3 is 2.53 bits per heavy atom. The van der Waals surface area contributed by atoms with Crippen molar-refractivity contribution in [1.29, 1.82) is 0 Å². The summed E-state index contributed by atoms with van der Waals surface area (Å²) in [6, 6.07) is 0. The van der Waals surface area contributed by atoms with Crippen LogP contribution in [0.25, 0.3) is 6.08 Å². The molecule has 0 radical (unpaired) electrons. The van der Waals surface area contributed by atoms with Gasteiger partial charge in [0.2, 0.25) is 0 Å². The Hall–Kier alpha value is -2.63. The number of hydrogen-bond donors (Lipinski definition) is 1. The predicted molar refractivity (Wildman–Crippen MR) is 69.5 cm³/mol. The molecule has 0 fully saturated rings. The van der Waals surface area contributed by atoms with Crippen molar-refractivity contribution >= 4 is 17.8 Å². The topological polar surface area (TPSA) is 84.7 Å². The maximum Gasteiger partial charge on any atom is 0.367 e. The van der Waals surface area contributed by atoms with E-state index in [0.717, 1.165) is 0 Å². The lowest BCUT2D eigenvalue weighted by Gasteiger charge is -1.87. The summed E-state index contributed by atoms with van der Waals surface area (Å²) >= 11 is 0. The van der Waals surface area contributed by atoms with Crippen molar-refractivity contribution in [1.82, 2.24) is 5.16 Å². The molecule has 19 heavy (non-hydrogen) atoms. The summed E-state index contributed by atoms with van der Waals surface area (Å²) in [5, 5.41) is 6.03. The van der Waals surface area contributed by atoms with Crippen molar-refractivity contribution in [2.24, 2.45) is 5.16 Å². The van der Waals surface area contributed by atoms with Crippen LogP contribution in [0.3, 0.4) is 0 Å². The molecule has 0 aliphatic carbocycles. The van der Waals surface area contributed by atoms with E-state index in [9.17, 15) is 9.59 Å². The van der Waals surface area contributed by atoms with Gasteiger partial charge in [-0.2, -0.15) is 0 Å². The largest absolute Gasteiger partial charge is 0.367 e. The molecule has 0 saturated carbocycles. The van der Waals surface area contributed by atoms with Crippen LogP contribution in [0.1, 0.15) is 18.2 Å². The fourth-order valence-electron chi connectivity index (χ4n) is 1.49. The van der Waals surface area contributed by atoms with E-state index in [0.29, 0.717) is 22.5 Å². The third kappa shape index (κ3) is 2.79. The molecule has 1 N–H and O–H groups in total. The monoisotopic (exact) mass is 260 g/mol. The number of carbonyl (C=O) groups is 1. The van der Waals surface area contributed by atoms with Crippen LogP contribution in [0.5, 0.6) is 0 Å². The Labute approximate surface area is 108 Å². The Balaban J connectivity index is 2.06. The first-order valence-electron chi connectivity index (χ1n) is 5.59. The first kappa shape index (κ1) is 12.8. The zero-order valence-corrected chi connectivity index (χ0v) is 10.5. The number of carbonyl (C=O) groups excluding carboxylic acids is 1. The van der Waals surface area contributed by atoms with Gasteiger partial charge in [0.1, 0.15) is 0 Å². The minimum Gasteiger partial charge on any atom is -0.338 e. The van der Waals surface area contributed by atoms with Gasteiger partial charge in [-0.15, -0.1) is 0 Å². The fraction of sp³-hybridized carbons (Fsp3) is 0.154. The summed E-state index contributed by atoms with van der Waals surface area (Å²) in [5.41, 5.74) is 1.68. The maximum absolute atomic E-state index is 11.2. The normalized spacial score (nSPS) is 17.7. The molecule has 1 aromatic rings. The van der Waals surface area contributed by atoms with Gasteiger partial charge in [0, 0.05) is 0 Å². The number of aryl methyl sites for hydroxylation is 1. The van der Waals surface area contributed by atoms with Crippen LogP contribution in [0.2, 0.25) is 0 Å². The Kier molecular flexibility index (Phi) is 3.61. The molecule has 2 heterocycles. The summed E-state index contributed by atoms with van der Waals surface area (Å²) in [6.45, 7) is 3.43. The number of hydrogen-bond acceptors (Lipinski definition) is 5. The second-order valence-electron chi connectivity index (χ2n) is 3.91. The predicted octanol–water partition coefficient (Wildman–Crippen LogP) is 1.70. The molecule has 0 atom stereocenters. The van der Waals surface area contributed by atoms with Gasteiger partial charge in [0.25, 0.3) is 0 Å². The molecule has 0 bridgehead atoms. The molecule has 6 nitrogen and oxygen atoms in total. The van der Waals surface area contributed by atoms with E-state index in [2.05, 4.69) is 19.7 Å². The van der Waals surface area contributed by atoms with Crippen molar-refractivity contribution < 1.29 is 14.2 Å². The van der Waals surface area contributed by atoms with Crippen molar-refractivity contribution in [3.63, 3.8) is 0 Å². The Morgan fingerprint density at radius 1 is 1.16 bits per heavy atom. The van der Waals surface area contributed by atoms with Crippen LogP contribution >= 0.6 is 0 Å². The average molecular weight is 260 g/mol. The standard InChI is InChI=1S/C13H12N2O4/c1-8-10(12(16)18-14-8)6-4-3-5-7-11-9(2)15-19-13(11)17/h3-7,14H,1-2H3/b5-3?,6-4?,11-7-. The summed E-state index contributed by atoms with van der Waals surface area (Å²) in [6.07, 6.45) is 8.27. The van der Waals surface area contributed by atoms with Crippen molar-refractivity contribution in [3.8, 4) is 0 Å². The molecule has 2 rings (SSSR count). The molecule has 0 spiro atoms. The van der Waals surface area contributed by atoms with Crippen LogP contribution in [0.4, 0.5) is 0 Å². The summed E-state index contributed by atoms with van der Waals surface area (Å²) in [7, 11) is 0. The number of aromatic nitrogens is 1. The van der Waals surface area contributed by atoms with Gasteiger partial charge in [-0.25, -0.2) is 14.7 Å². The first-order chi connectivity index (χ1) is 9.09. The molecule has 1 aliphatic heterocycles. The Morgan fingerprint density at radius 2 is 1.95 bits per heavy atom. The zero-order valence-electron chi connectivity index (χ0n) is 10.5. The highest BCUT2D eigenvalue weighted by molar-refractivity contribution is 6.21. The van der Waals surface area contributed by atoms with Crippen molar-refractivity contribution in [2.75, 3.05) is 0 Å². The molecule has 0 amide bonds. The molecular formula is C13H12N2O4. The average Bonchev–Trinajstić information content (AvgIpc) is 2.86. The van der Waals surface area contributed by atoms with Gasteiger partial charge >= 0.3 is 11.6 Å². The van der Waals surface area contributed by atoms with Gasteiger partial charge in [0.15, 0.2) is 0 Å².